The van der Waals surface area contributed by atoms with Crippen molar-refractivity contribution in [3.8, 4) is 0 Å². The predicted molar refractivity (Wildman–Crippen MR) is 151 cm³/mol. The Morgan fingerprint density at radius 2 is 1.54 bits per heavy atom. The quantitative estimate of drug-likeness (QED) is 0.255. The summed E-state index contributed by atoms with van der Waals surface area (Å²) in [4.78, 5) is 13.7. The number of nitrogens with zero attached hydrogens (tertiary/aromatic N) is 4. The van der Waals surface area contributed by atoms with E-state index in [2.05, 4.69) is 125 Å². The molecule has 4 heteroatoms. The number of aromatic nitrogens is 2. The van der Waals surface area contributed by atoms with Crippen molar-refractivity contribution in [1.29, 1.82) is 0 Å². The minimum Gasteiger partial charge on any atom is -0.309 e. The smallest absolute Gasteiger partial charge is 0.156 e. The van der Waals surface area contributed by atoms with Gasteiger partial charge in [0.2, 0.25) is 0 Å². The fourth-order valence-corrected chi connectivity index (χ4v) is 6.01. The molecule has 0 aliphatic carbocycles. The van der Waals surface area contributed by atoms with Crippen molar-refractivity contribution < 1.29 is 0 Å². The molecule has 0 saturated heterocycles. The Bertz CT molecular complexity index is 1640. The molecule has 0 unspecified atom stereocenters. The fraction of sp³-hybridized carbons (Fsp3) is 0.152. The van der Waals surface area contributed by atoms with Gasteiger partial charge in [0.05, 0.1) is 17.6 Å². The third kappa shape index (κ3) is 3.29. The van der Waals surface area contributed by atoms with Crippen LogP contribution in [0.4, 0.5) is 34.3 Å². The van der Waals surface area contributed by atoms with E-state index in [4.69, 9.17) is 0 Å². The van der Waals surface area contributed by atoms with Crippen LogP contribution in [0.1, 0.15) is 41.7 Å². The van der Waals surface area contributed by atoms with Crippen molar-refractivity contribution in [2.75, 3.05) is 9.80 Å². The molecule has 0 atom stereocenters. The summed E-state index contributed by atoms with van der Waals surface area (Å²) in [5, 5.41) is 0. The first-order valence-corrected chi connectivity index (χ1v) is 12.8. The van der Waals surface area contributed by atoms with Crippen LogP contribution in [-0.2, 0) is 11.8 Å². The monoisotopic (exact) mass is 480 g/mol. The maximum absolute atomic E-state index is 4.65. The number of anilines is 6. The first-order valence-electron chi connectivity index (χ1n) is 12.8. The first kappa shape index (κ1) is 21.8. The highest BCUT2D eigenvalue weighted by atomic mass is 15.2. The zero-order valence-electron chi connectivity index (χ0n) is 21.3. The Balaban J connectivity index is 1.42. The first-order chi connectivity index (χ1) is 18.0. The minimum absolute atomic E-state index is 0.0515. The molecule has 0 fully saturated rings. The van der Waals surface area contributed by atoms with Crippen LogP contribution in [0, 0.1) is 6.92 Å². The van der Waals surface area contributed by atoms with E-state index in [1.165, 1.54) is 44.9 Å². The second kappa shape index (κ2) is 8.04. The van der Waals surface area contributed by atoms with E-state index in [-0.39, 0.29) is 5.41 Å². The van der Waals surface area contributed by atoms with Gasteiger partial charge in [0.1, 0.15) is 0 Å². The zero-order valence-corrected chi connectivity index (χ0v) is 21.3. The SMILES string of the molecule is Cc1ccc(N(c2ccc3c(c2)Cc2cccc4c2N3c2ccccc2C4(C)C)c2cnccn2)cc1. The molecule has 37 heavy (non-hydrogen) atoms. The Morgan fingerprint density at radius 3 is 2.35 bits per heavy atom. The molecule has 0 amide bonds. The van der Waals surface area contributed by atoms with Crippen LogP contribution in [0.3, 0.4) is 0 Å². The lowest BCUT2D eigenvalue weighted by Gasteiger charge is -2.45. The normalized spacial score (nSPS) is 14.4. The number of benzene rings is 4. The van der Waals surface area contributed by atoms with E-state index in [1.54, 1.807) is 12.4 Å². The van der Waals surface area contributed by atoms with Gasteiger partial charge in [-0.3, -0.25) is 9.88 Å². The van der Waals surface area contributed by atoms with Gasteiger partial charge >= 0.3 is 0 Å². The number of fused-ring (bicyclic) bond motifs is 4. The van der Waals surface area contributed by atoms with Crippen molar-refractivity contribution >= 4 is 34.3 Å². The summed E-state index contributed by atoms with van der Waals surface area (Å²) in [5.41, 5.74) is 12.6. The van der Waals surface area contributed by atoms with Crippen LogP contribution in [-0.4, -0.2) is 9.97 Å². The van der Waals surface area contributed by atoms with E-state index in [9.17, 15) is 0 Å². The molecule has 0 bridgehead atoms. The van der Waals surface area contributed by atoms with E-state index < -0.39 is 0 Å². The molecule has 4 aromatic carbocycles. The highest BCUT2D eigenvalue weighted by Crippen LogP contribution is 2.56. The molecule has 180 valence electrons. The molecule has 3 heterocycles. The molecular weight excluding hydrogens is 452 g/mol. The number of hydrogen-bond acceptors (Lipinski definition) is 4. The number of aryl methyl sites for hydroxylation is 1. The summed E-state index contributed by atoms with van der Waals surface area (Å²) in [6.07, 6.45) is 6.18. The highest BCUT2D eigenvalue weighted by Gasteiger charge is 2.40. The number of hydrogen-bond donors (Lipinski definition) is 0. The molecule has 0 saturated carbocycles. The Labute approximate surface area is 217 Å². The molecule has 0 radical (unpaired) electrons. The van der Waals surface area contributed by atoms with Gasteiger partial charge in [0.25, 0.3) is 0 Å². The number of para-hydroxylation sites is 2. The van der Waals surface area contributed by atoms with Crippen molar-refractivity contribution in [1.82, 2.24) is 9.97 Å². The second-order valence-corrected chi connectivity index (χ2v) is 10.5. The zero-order chi connectivity index (χ0) is 25.1. The molecule has 0 spiro atoms. The summed E-state index contributed by atoms with van der Waals surface area (Å²) < 4.78 is 0. The Hall–Kier alpha value is -4.44. The van der Waals surface area contributed by atoms with Crippen LogP contribution < -0.4 is 9.80 Å². The van der Waals surface area contributed by atoms with E-state index >= 15 is 0 Å². The Kier molecular flexibility index (Phi) is 4.74. The van der Waals surface area contributed by atoms with Crippen molar-refractivity contribution in [3.63, 3.8) is 0 Å². The third-order valence-electron chi connectivity index (χ3n) is 7.85. The van der Waals surface area contributed by atoms with E-state index in [0.29, 0.717) is 0 Å². The maximum Gasteiger partial charge on any atom is 0.156 e. The van der Waals surface area contributed by atoms with Gasteiger partial charge in [-0.15, -0.1) is 0 Å². The van der Waals surface area contributed by atoms with Crippen molar-refractivity contribution in [2.45, 2.75) is 32.6 Å². The minimum atomic E-state index is -0.0515. The molecular formula is C33H28N4. The summed E-state index contributed by atoms with van der Waals surface area (Å²) in [6.45, 7) is 6.80. The summed E-state index contributed by atoms with van der Waals surface area (Å²) in [7, 11) is 0. The molecule has 7 rings (SSSR count). The van der Waals surface area contributed by atoms with Crippen molar-refractivity contribution in [3.05, 3.63) is 131 Å². The van der Waals surface area contributed by atoms with Gasteiger partial charge in [0, 0.05) is 41.3 Å². The van der Waals surface area contributed by atoms with Crippen LogP contribution in [0.2, 0.25) is 0 Å². The third-order valence-corrected chi connectivity index (χ3v) is 7.85. The van der Waals surface area contributed by atoms with Crippen LogP contribution >= 0.6 is 0 Å². The molecule has 0 N–H and O–H groups in total. The lowest BCUT2D eigenvalue weighted by molar-refractivity contribution is 0.629. The lowest BCUT2D eigenvalue weighted by atomic mass is 9.71. The number of rotatable bonds is 3. The van der Waals surface area contributed by atoms with Crippen LogP contribution in [0.15, 0.2) is 104 Å². The summed E-state index contributed by atoms with van der Waals surface area (Å²) in [5.74, 6) is 0.801. The van der Waals surface area contributed by atoms with Gasteiger partial charge in [0.15, 0.2) is 5.82 Å². The van der Waals surface area contributed by atoms with Gasteiger partial charge in [-0.2, -0.15) is 0 Å². The van der Waals surface area contributed by atoms with Gasteiger partial charge < -0.3 is 4.90 Å². The van der Waals surface area contributed by atoms with E-state index in [0.717, 1.165) is 23.6 Å². The predicted octanol–water partition coefficient (Wildman–Crippen LogP) is 8.27. The summed E-state index contributed by atoms with van der Waals surface area (Å²) >= 11 is 0. The Morgan fingerprint density at radius 1 is 0.757 bits per heavy atom. The average molecular weight is 481 g/mol. The largest absolute Gasteiger partial charge is 0.309 e. The standard InChI is InChI=1S/C33H28N4/c1-22-11-13-25(14-12-22)36(31-21-34-17-18-35-31)26-15-16-29-24(20-26)19-23-7-6-9-28-32(23)37(29)30-10-5-4-8-27(30)33(28,2)3/h4-18,20-21H,19H2,1-3H3. The van der Waals surface area contributed by atoms with Gasteiger partial charge in [-0.1, -0.05) is 67.9 Å². The fourth-order valence-electron chi connectivity index (χ4n) is 6.01. The maximum atomic E-state index is 4.65. The van der Waals surface area contributed by atoms with Crippen LogP contribution in [0.25, 0.3) is 0 Å². The highest BCUT2D eigenvalue weighted by molar-refractivity contribution is 5.92. The van der Waals surface area contributed by atoms with Gasteiger partial charge in [-0.05, 0) is 65.6 Å². The molecule has 4 nitrogen and oxygen atoms in total. The van der Waals surface area contributed by atoms with Crippen molar-refractivity contribution in [2.24, 2.45) is 0 Å². The average Bonchev–Trinajstić information content (AvgIpc) is 2.92. The second-order valence-electron chi connectivity index (χ2n) is 10.5. The van der Waals surface area contributed by atoms with Crippen LogP contribution in [0.5, 0.6) is 0 Å². The molecule has 2 aliphatic rings. The molecule has 2 aliphatic heterocycles. The molecule has 5 aromatic rings. The van der Waals surface area contributed by atoms with E-state index in [1.807, 2.05) is 6.20 Å². The lowest BCUT2D eigenvalue weighted by Crippen LogP contribution is -2.33. The van der Waals surface area contributed by atoms with Gasteiger partial charge in [-0.25, -0.2) is 4.98 Å². The summed E-state index contributed by atoms with van der Waals surface area (Å²) in [6, 6.07) is 31.0. The molecule has 1 aromatic heterocycles. The topological polar surface area (TPSA) is 32.3 Å².